The van der Waals surface area contributed by atoms with Crippen LogP contribution in [0.2, 0.25) is 0 Å². The number of piperidine rings is 1. The zero-order chi connectivity index (χ0) is 20.1. The molecule has 2 amide bonds. The first-order valence-corrected chi connectivity index (χ1v) is 10.9. The second-order valence-corrected chi connectivity index (χ2v) is 8.12. The van der Waals surface area contributed by atoms with Gasteiger partial charge in [-0.15, -0.1) is 0 Å². The van der Waals surface area contributed by atoms with Crippen LogP contribution in [0.1, 0.15) is 40.4 Å². The number of hydrogen-bond acceptors (Lipinski definition) is 3. The monoisotopic (exact) mass is 404 g/mol. The van der Waals surface area contributed by atoms with Gasteiger partial charge in [0.05, 0.1) is 6.04 Å². The molecule has 4 rings (SSSR count). The van der Waals surface area contributed by atoms with E-state index in [1.54, 1.807) is 11.3 Å². The summed E-state index contributed by atoms with van der Waals surface area (Å²) in [7, 11) is 0. The van der Waals surface area contributed by atoms with Crippen molar-refractivity contribution in [2.24, 2.45) is 5.92 Å². The van der Waals surface area contributed by atoms with Crippen molar-refractivity contribution in [2.45, 2.75) is 18.9 Å². The molecule has 0 saturated carbocycles. The number of carbonyl (C=O) groups excluding carboxylic acids is 2. The minimum atomic E-state index is -0.140. The number of hydrogen-bond donors (Lipinski definition) is 1. The Balaban J connectivity index is 1.39. The minimum absolute atomic E-state index is 0.0462. The summed E-state index contributed by atoms with van der Waals surface area (Å²) in [6, 6.07) is 21.3. The maximum absolute atomic E-state index is 13.0. The molecule has 4 nitrogen and oxygen atoms in total. The predicted molar refractivity (Wildman–Crippen MR) is 116 cm³/mol. The highest BCUT2D eigenvalue weighted by atomic mass is 32.1. The third-order valence-corrected chi connectivity index (χ3v) is 6.17. The van der Waals surface area contributed by atoms with Crippen molar-refractivity contribution in [3.05, 3.63) is 94.2 Å². The standard InChI is InChI=1S/C24H24N2O2S/c27-23(25-22(21-13-16-29-17-21)18-7-3-1-4-8-18)19-11-14-26(15-12-19)24(28)20-9-5-2-6-10-20/h1-10,13,16-17,19,22H,11-12,14-15H2,(H,25,27). The average Bonchev–Trinajstić information content (AvgIpc) is 3.33. The van der Waals surface area contributed by atoms with Gasteiger partial charge in [-0.05, 0) is 52.9 Å². The van der Waals surface area contributed by atoms with E-state index in [9.17, 15) is 9.59 Å². The van der Waals surface area contributed by atoms with Crippen molar-refractivity contribution in [2.75, 3.05) is 13.1 Å². The third-order valence-electron chi connectivity index (χ3n) is 5.47. The van der Waals surface area contributed by atoms with Gasteiger partial charge in [-0.3, -0.25) is 9.59 Å². The van der Waals surface area contributed by atoms with E-state index in [0.717, 1.165) is 11.1 Å². The molecule has 0 aliphatic carbocycles. The average molecular weight is 405 g/mol. The van der Waals surface area contributed by atoms with Gasteiger partial charge in [0, 0.05) is 24.6 Å². The Morgan fingerprint density at radius 2 is 1.55 bits per heavy atom. The first kappa shape index (κ1) is 19.4. The summed E-state index contributed by atoms with van der Waals surface area (Å²) in [6.07, 6.45) is 1.38. The van der Waals surface area contributed by atoms with Crippen molar-refractivity contribution in [3.63, 3.8) is 0 Å². The van der Waals surface area contributed by atoms with Crippen molar-refractivity contribution in [1.29, 1.82) is 0 Å². The second kappa shape index (κ2) is 9.05. The zero-order valence-electron chi connectivity index (χ0n) is 16.2. The summed E-state index contributed by atoms with van der Waals surface area (Å²) in [5, 5.41) is 7.36. The van der Waals surface area contributed by atoms with Gasteiger partial charge in [0.1, 0.15) is 0 Å². The topological polar surface area (TPSA) is 49.4 Å². The zero-order valence-corrected chi connectivity index (χ0v) is 17.0. The van der Waals surface area contributed by atoms with Crippen LogP contribution in [-0.2, 0) is 4.79 Å². The van der Waals surface area contributed by atoms with Crippen LogP contribution in [0.5, 0.6) is 0 Å². The second-order valence-electron chi connectivity index (χ2n) is 7.34. The van der Waals surface area contributed by atoms with E-state index in [2.05, 4.69) is 16.8 Å². The van der Waals surface area contributed by atoms with Crippen molar-refractivity contribution in [1.82, 2.24) is 10.2 Å². The predicted octanol–water partition coefficient (Wildman–Crippen LogP) is 4.51. The van der Waals surface area contributed by atoms with E-state index in [0.29, 0.717) is 31.5 Å². The van der Waals surface area contributed by atoms with E-state index >= 15 is 0 Å². The molecule has 5 heteroatoms. The fourth-order valence-electron chi connectivity index (χ4n) is 3.81. The number of carbonyl (C=O) groups is 2. The van der Waals surface area contributed by atoms with E-state index < -0.39 is 0 Å². The first-order valence-electron chi connectivity index (χ1n) is 9.94. The van der Waals surface area contributed by atoms with E-state index in [1.807, 2.05) is 70.9 Å². The summed E-state index contributed by atoms with van der Waals surface area (Å²) in [5.74, 6) is 0.0430. The number of nitrogens with zero attached hydrogens (tertiary/aromatic N) is 1. The van der Waals surface area contributed by atoms with E-state index in [-0.39, 0.29) is 23.8 Å². The number of likely N-dealkylation sites (tertiary alicyclic amines) is 1. The van der Waals surface area contributed by atoms with Crippen molar-refractivity contribution in [3.8, 4) is 0 Å². The molecule has 0 radical (unpaired) electrons. The van der Waals surface area contributed by atoms with Gasteiger partial charge < -0.3 is 10.2 Å². The maximum atomic E-state index is 13.0. The largest absolute Gasteiger partial charge is 0.345 e. The highest BCUT2D eigenvalue weighted by Gasteiger charge is 2.29. The van der Waals surface area contributed by atoms with Gasteiger partial charge in [-0.25, -0.2) is 0 Å². The molecule has 2 heterocycles. The lowest BCUT2D eigenvalue weighted by molar-refractivity contribution is -0.126. The quantitative estimate of drug-likeness (QED) is 0.680. The highest BCUT2D eigenvalue weighted by molar-refractivity contribution is 7.08. The Morgan fingerprint density at radius 3 is 2.17 bits per heavy atom. The fourth-order valence-corrected chi connectivity index (χ4v) is 4.50. The molecular weight excluding hydrogens is 380 g/mol. The number of rotatable bonds is 5. The molecule has 2 aromatic carbocycles. The molecule has 1 N–H and O–H groups in total. The van der Waals surface area contributed by atoms with E-state index in [4.69, 9.17) is 0 Å². The number of thiophene rings is 1. The van der Waals surface area contributed by atoms with Crippen molar-refractivity contribution < 1.29 is 9.59 Å². The molecule has 1 aliphatic heterocycles. The summed E-state index contributed by atoms with van der Waals surface area (Å²) in [6.45, 7) is 1.22. The lowest BCUT2D eigenvalue weighted by Crippen LogP contribution is -2.43. The molecule has 1 saturated heterocycles. The van der Waals surface area contributed by atoms with Gasteiger partial charge in [-0.2, -0.15) is 11.3 Å². The van der Waals surface area contributed by atoms with Crippen LogP contribution in [0.15, 0.2) is 77.5 Å². The van der Waals surface area contributed by atoms with Crippen LogP contribution in [0.25, 0.3) is 0 Å². The lowest BCUT2D eigenvalue weighted by Gasteiger charge is -2.32. The van der Waals surface area contributed by atoms with Gasteiger partial charge in [0.2, 0.25) is 5.91 Å². The Hall–Kier alpha value is -2.92. The number of amides is 2. The molecule has 1 unspecified atom stereocenters. The Labute approximate surface area is 175 Å². The van der Waals surface area contributed by atoms with Crippen LogP contribution in [-0.4, -0.2) is 29.8 Å². The molecule has 1 atom stereocenters. The highest BCUT2D eigenvalue weighted by Crippen LogP contribution is 2.26. The molecule has 1 aliphatic rings. The molecule has 0 spiro atoms. The molecule has 0 bridgehead atoms. The normalized spacial score (nSPS) is 15.7. The summed E-state index contributed by atoms with van der Waals surface area (Å²) in [4.78, 5) is 27.5. The van der Waals surface area contributed by atoms with E-state index in [1.165, 1.54) is 0 Å². The van der Waals surface area contributed by atoms with Crippen LogP contribution in [0, 0.1) is 5.92 Å². The number of benzene rings is 2. The van der Waals surface area contributed by atoms with Crippen LogP contribution in [0.3, 0.4) is 0 Å². The summed E-state index contributed by atoms with van der Waals surface area (Å²) >= 11 is 1.63. The molecule has 3 aromatic rings. The SMILES string of the molecule is O=C(NC(c1ccccc1)c1ccsc1)C1CCN(C(=O)c2ccccc2)CC1. The van der Waals surface area contributed by atoms with Gasteiger partial charge in [0.25, 0.3) is 5.91 Å². The maximum Gasteiger partial charge on any atom is 0.253 e. The Morgan fingerprint density at radius 1 is 0.897 bits per heavy atom. The smallest absolute Gasteiger partial charge is 0.253 e. The molecule has 148 valence electrons. The summed E-state index contributed by atoms with van der Waals surface area (Å²) in [5.41, 5.74) is 2.89. The van der Waals surface area contributed by atoms with Crippen LogP contribution in [0.4, 0.5) is 0 Å². The number of nitrogens with one attached hydrogen (secondary N) is 1. The van der Waals surface area contributed by atoms with Crippen LogP contribution < -0.4 is 5.32 Å². The molecule has 1 fully saturated rings. The third kappa shape index (κ3) is 4.57. The van der Waals surface area contributed by atoms with Gasteiger partial charge in [0.15, 0.2) is 0 Å². The lowest BCUT2D eigenvalue weighted by atomic mass is 9.93. The van der Waals surface area contributed by atoms with Gasteiger partial charge in [-0.1, -0.05) is 48.5 Å². The van der Waals surface area contributed by atoms with Crippen molar-refractivity contribution >= 4 is 23.2 Å². The molecule has 1 aromatic heterocycles. The Bertz CT molecular complexity index is 934. The Kier molecular flexibility index (Phi) is 6.06. The molecule has 29 heavy (non-hydrogen) atoms. The first-order chi connectivity index (χ1) is 14.2. The van der Waals surface area contributed by atoms with Gasteiger partial charge >= 0.3 is 0 Å². The fraction of sp³-hybridized carbons (Fsp3) is 0.250. The van der Waals surface area contributed by atoms with Crippen LogP contribution >= 0.6 is 11.3 Å². The minimum Gasteiger partial charge on any atom is -0.345 e. The molecular formula is C24H24N2O2S. The summed E-state index contributed by atoms with van der Waals surface area (Å²) < 4.78 is 0.